The molecular formula is C26H33N5O2. The van der Waals surface area contributed by atoms with Crippen LogP contribution in [0.1, 0.15) is 83.4 Å². The summed E-state index contributed by atoms with van der Waals surface area (Å²) in [5, 5.41) is 4.87. The molecule has 1 aliphatic carbocycles. The van der Waals surface area contributed by atoms with Crippen molar-refractivity contribution in [2.75, 3.05) is 13.7 Å². The van der Waals surface area contributed by atoms with Crippen molar-refractivity contribution < 1.29 is 9.53 Å². The summed E-state index contributed by atoms with van der Waals surface area (Å²) in [6.07, 6.45) is 8.18. The van der Waals surface area contributed by atoms with Crippen molar-refractivity contribution in [3.05, 3.63) is 58.5 Å². The Morgan fingerprint density at radius 2 is 2.00 bits per heavy atom. The summed E-state index contributed by atoms with van der Waals surface area (Å²) in [6, 6.07) is 8.01. The smallest absolute Gasteiger partial charge is 0.258 e. The third-order valence-electron chi connectivity index (χ3n) is 7.24. The van der Waals surface area contributed by atoms with Crippen LogP contribution in [0.2, 0.25) is 0 Å². The molecule has 3 atom stereocenters. The van der Waals surface area contributed by atoms with Gasteiger partial charge in [-0.25, -0.2) is 9.50 Å². The normalized spacial score (nSPS) is 23.3. The molecule has 7 heteroatoms. The lowest BCUT2D eigenvalue weighted by Crippen LogP contribution is -2.39. The van der Waals surface area contributed by atoms with Gasteiger partial charge in [0.2, 0.25) is 0 Å². The van der Waals surface area contributed by atoms with Crippen molar-refractivity contribution in [3.8, 4) is 5.75 Å². The van der Waals surface area contributed by atoms with E-state index in [0.29, 0.717) is 23.8 Å². The van der Waals surface area contributed by atoms with Gasteiger partial charge < -0.3 is 15.4 Å². The van der Waals surface area contributed by atoms with Crippen molar-refractivity contribution in [1.29, 1.82) is 0 Å². The second kappa shape index (κ2) is 8.78. The molecule has 0 radical (unpaired) electrons. The quantitative estimate of drug-likeness (QED) is 0.644. The molecule has 1 aliphatic heterocycles. The molecule has 7 nitrogen and oxygen atoms in total. The highest BCUT2D eigenvalue weighted by molar-refractivity contribution is 5.97. The molecule has 2 N–H and O–H groups in total. The van der Waals surface area contributed by atoms with E-state index in [9.17, 15) is 4.79 Å². The van der Waals surface area contributed by atoms with Gasteiger partial charge in [0.25, 0.3) is 5.91 Å². The standard InChI is InChI=1S/C26H33N5O2/c1-16-7-10-23(33-3)20(12-16)26(32)30-11-5-4-6-22(30)21-14-24-28-25(17(2)15-31(24)29-21)18-8-9-19(27)13-18/h7,10,12,14-15,18-19,22H,4-6,8-9,11,13,27H2,1-3H3. The van der Waals surface area contributed by atoms with Gasteiger partial charge in [0.1, 0.15) is 5.75 Å². The second-order valence-electron chi connectivity index (χ2n) is 9.67. The number of hydrogen-bond donors (Lipinski definition) is 1. The van der Waals surface area contributed by atoms with Gasteiger partial charge in [-0.15, -0.1) is 0 Å². The monoisotopic (exact) mass is 447 g/mol. The van der Waals surface area contributed by atoms with Crippen LogP contribution in [-0.2, 0) is 0 Å². The Morgan fingerprint density at radius 1 is 1.15 bits per heavy atom. The Hall–Kier alpha value is -2.93. The molecule has 3 heterocycles. The Kier molecular flexibility index (Phi) is 5.83. The number of aryl methyl sites for hydroxylation is 2. The number of nitrogens with two attached hydrogens (primary N) is 1. The van der Waals surface area contributed by atoms with Gasteiger partial charge in [-0.1, -0.05) is 11.6 Å². The number of nitrogens with zero attached hydrogens (tertiary/aromatic N) is 4. The van der Waals surface area contributed by atoms with Gasteiger partial charge in [0.15, 0.2) is 5.65 Å². The minimum atomic E-state index is -0.0678. The number of hydrogen-bond acceptors (Lipinski definition) is 5. The summed E-state index contributed by atoms with van der Waals surface area (Å²) in [5.74, 6) is 1.04. The van der Waals surface area contributed by atoms with Crippen molar-refractivity contribution in [2.24, 2.45) is 5.73 Å². The lowest BCUT2D eigenvalue weighted by molar-refractivity contribution is 0.0602. The number of likely N-dealkylation sites (tertiary alicyclic amines) is 1. The van der Waals surface area contributed by atoms with E-state index >= 15 is 0 Å². The van der Waals surface area contributed by atoms with Crippen molar-refractivity contribution in [2.45, 2.75) is 70.4 Å². The van der Waals surface area contributed by atoms with Gasteiger partial charge in [0.05, 0.1) is 30.1 Å². The molecule has 2 fully saturated rings. The lowest BCUT2D eigenvalue weighted by Gasteiger charge is -2.35. The third kappa shape index (κ3) is 4.10. The number of ether oxygens (including phenoxy) is 1. The summed E-state index contributed by atoms with van der Waals surface area (Å²) in [4.78, 5) is 20.6. The van der Waals surface area contributed by atoms with Gasteiger partial charge in [-0.2, -0.15) is 5.10 Å². The molecule has 33 heavy (non-hydrogen) atoms. The van der Waals surface area contributed by atoms with Gasteiger partial charge in [-0.3, -0.25) is 4.79 Å². The van der Waals surface area contributed by atoms with Crippen LogP contribution < -0.4 is 10.5 Å². The molecule has 2 aromatic heterocycles. The number of carbonyl (C=O) groups excluding carboxylic acids is 1. The molecule has 0 bridgehead atoms. The fourth-order valence-electron chi connectivity index (χ4n) is 5.51. The van der Waals surface area contributed by atoms with Crippen LogP contribution in [0.25, 0.3) is 5.65 Å². The molecule has 1 aromatic carbocycles. The Labute approximate surface area is 194 Å². The van der Waals surface area contributed by atoms with Crippen LogP contribution in [0.4, 0.5) is 0 Å². The minimum absolute atomic E-state index is 0.00192. The third-order valence-corrected chi connectivity index (χ3v) is 7.24. The fraction of sp³-hybridized carbons (Fsp3) is 0.500. The number of methoxy groups -OCH3 is 1. The summed E-state index contributed by atoms with van der Waals surface area (Å²) < 4.78 is 7.37. The molecule has 1 saturated carbocycles. The average Bonchev–Trinajstić information content (AvgIpc) is 3.43. The molecule has 3 aromatic rings. The summed E-state index contributed by atoms with van der Waals surface area (Å²) >= 11 is 0. The number of benzene rings is 1. The zero-order valence-corrected chi connectivity index (χ0v) is 19.8. The maximum atomic E-state index is 13.6. The lowest BCUT2D eigenvalue weighted by atomic mass is 9.97. The maximum absolute atomic E-state index is 13.6. The molecule has 3 unspecified atom stereocenters. The average molecular weight is 448 g/mol. The van der Waals surface area contributed by atoms with Crippen molar-refractivity contribution in [3.63, 3.8) is 0 Å². The van der Waals surface area contributed by atoms with E-state index in [2.05, 4.69) is 19.2 Å². The fourth-order valence-corrected chi connectivity index (χ4v) is 5.51. The highest BCUT2D eigenvalue weighted by atomic mass is 16.5. The Bertz CT molecular complexity index is 1190. The number of aromatic nitrogens is 3. The predicted octanol–water partition coefficient (Wildman–Crippen LogP) is 4.32. The number of amides is 1. The molecule has 1 saturated heterocycles. The second-order valence-corrected chi connectivity index (χ2v) is 9.67. The largest absolute Gasteiger partial charge is 0.496 e. The molecule has 174 valence electrons. The molecule has 5 rings (SSSR count). The highest BCUT2D eigenvalue weighted by Gasteiger charge is 2.32. The number of piperidine rings is 1. The summed E-state index contributed by atoms with van der Waals surface area (Å²) in [6.45, 7) is 4.81. The minimum Gasteiger partial charge on any atom is -0.496 e. The van der Waals surface area contributed by atoms with Crippen molar-refractivity contribution >= 4 is 11.6 Å². The van der Waals surface area contributed by atoms with Crippen LogP contribution in [0.15, 0.2) is 30.5 Å². The van der Waals surface area contributed by atoms with Crippen LogP contribution in [0.3, 0.4) is 0 Å². The van der Waals surface area contributed by atoms with E-state index in [1.165, 1.54) is 0 Å². The van der Waals surface area contributed by atoms with Crippen molar-refractivity contribution in [1.82, 2.24) is 19.5 Å². The van der Waals surface area contributed by atoms with E-state index in [-0.39, 0.29) is 18.0 Å². The molecule has 1 amide bonds. The Balaban J connectivity index is 1.48. The SMILES string of the molecule is COc1ccc(C)cc1C(=O)N1CCCCC1c1cc2nc(C3CCC(N)C3)c(C)cn2n1. The zero-order chi connectivity index (χ0) is 23.1. The topological polar surface area (TPSA) is 85.8 Å². The molecule has 0 spiro atoms. The van der Waals surface area contributed by atoms with E-state index in [4.69, 9.17) is 20.6 Å². The van der Waals surface area contributed by atoms with Crippen LogP contribution in [-0.4, -0.2) is 45.1 Å². The summed E-state index contributed by atoms with van der Waals surface area (Å²) in [7, 11) is 1.61. The first-order valence-electron chi connectivity index (χ1n) is 12.0. The highest BCUT2D eigenvalue weighted by Crippen LogP contribution is 2.36. The van der Waals surface area contributed by atoms with E-state index in [1.807, 2.05) is 34.5 Å². The first-order chi connectivity index (χ1) is 15.9. The maximum Gasteiger partial charge on any atom is 0.258 e. The van der Waals surface area contributed by atoms with Gasteiger partial charge in [-0.05, 0) is 70.1 Å². The van der Waals surface area contributed by atoms with E-state index in [0.717, 1.165) is 66.7 Å². The first-order valence-corrected chi connectivity index (χ1v) is 12.0. The molecule has 2 aliphatic rings. The number of carbonyl (C=O) groups is 1. The predicted molar refractivity (Wildman–Crippen MR) is 128 cm³/mol. The van der Waals surface area contributed by atoms with Crippen LogP contribution in [0, 0.1) is 13.8 Å². The number of rotatable bonds is 4. The van der Waals surface area contributed by atoms with Crippen LogP contribution >= 0.6 is 0 Å². The van der Waals surface area contributed by atoms with E-state index in [1.54, 1.807) is 7.11 Å². The van der Waals surface area contributed by atoms with Gasteiger partial charge in [0, 0.05) is 30.8 Å². The zero-order valence-electron chi connectivity index (χ0n) is 19.8. The summed E-state index contributed by atoms with van der Waals surface area (Å²) in [5.41, 5.74) is 11.9. The number of fused-ring (bicyclic) bond motifs is 1. The van der Waals surface area contributed by atoms with Gasteiger partial charge >= 0.3 is 0 Å². The molecular weight excluding hydrogens is 414 g/mol. The Morgan fingerprint density at radius 3 is 2.76 bits per heavy atom. The first kappa shape index (κ1) is 21.9. The van der Waals surface area contributed by atoms with Crippen LogP contribution in [0.5, 0.6) is 5.75 Å². The van der Waals surface area contributed by atoms with E-state index < -0.39 is 0 Å².